The van der Waals surface area contributed by atoms with Crippen molar-refractivity contribution in [3.63, 3.8) is 0 Å². The van der Waals surface area contributed by atoms with E-state index in [-0.39, 0.29) is 23.6 Å². The van der Waals surface area contributed by atoms with Gasteiger partial charge in [0.15, 0.2) is 0 Å². The molecule has 1 aromatic carbocycles. The molecule has 0 spiro atoms. The van der Waals surface area contributed by atoms with Crippen LogP contribution in [0.15, 0.2) is 24.3 Å². The second kappa shape index (κ2) is 5.02. The Balaban J connectivity index is 1.88. The summed E-state index contributed by atoms with van der Waals surface area (Å²) in [6.45, 7) is 3.56. The van der Waals surface area contributed by atoms with Crippen molar-refractivity contribution in [2.75, 3.05) is 13.1 Å². The normalized spacial score (nSPS) is 28.8. The minimum Gasteiger partial charge on any atom is -0.331 e. The molecule has 0 bridgehead atoms. The first kappa shape index (κ1) is 14.4. The molecule has 6 heteroatoms. The number of hydrogen-bond donors (Lipinski definition) is 1. The average molecular weight is 298 g/mol. The van der Waals surface area contributed by atoms with Crippen LogP contribution >= 0.6 is 0 Å². The first-order valence-electron chi connectivity index (χ1n) is 7.08. The fourth-order valence-corrected chi connectivity index (χ4v) is 3.49. The molecule has 2 saturated heterocycles. The molecule has 21 heavy (non-hydrogen) atoms. The molecule has 114 valence electrons. The minimum atomic E-state index is -4.43. The highest BCUT2D eigenvalue weighted by Crippen LogP contribution is 2.34. The van der Waals surface area contributed by atoms with Gasteiger partial charge in [-0.1, -0.05) is 6.07 Å². The second-order valence-electron chi connectivity index (χ2n) is 5.86. The SMILES string of the molecule is CC1CC2CNCC2N1C(=O)c1cccc(C(F)(F)F)c1. The molecule has 3 nitrogen and oxygen atoms in total. The van der Waals surface area contributed by atoms with Crippen LogP contribution < -0.4 is 5.32 Å². The lowest BCUT2D eigenvalue weighted by Gasteiger charge is -2.28. The Morgan fingerprint density at radius 1 is 1.33 bits per heavy atom. The lowest BCUT2D eigenvalue weighted by Crippen LogP contribution is -2.42. The zero-order valence-corrected chi connectivity index (χ0v) is 11.7. The zero-order valence-electron chi connectivity index (χ0n) is 11.7. The maximum absolute atomic E-state index is 12.8. The second-order valence-corrected chi connectivity index (χ2v) is 5.86. The first-order chi connectivity index (χ1) is 9.88. The van der Waals surface area contributed by atoms with Crippen LogP contribution in [-0.4, -0.2) is 36.0 Å². The maximum atomic E-state index is 12.8. The van der Waals surface area contributed by atoms with Crippen LogP contribution in [0.5, 0.6) is 0 Å². The van der Waals surface area contributed by atoms with Gasteiger partial charge in [-0.2, -0.15) is 13.2 Å². The molecule has 0 aromatic heterocycles. The van der Waals surface area contributed by atoms with Gasteiger partial charge in [0.25, 0.3) is 5.91 Å². The van der Waals surface area contributed by atoms with E-state index < -0.39 is 11.7 Å². The number of rotatable bonds is 1. The molecule has 3 atom stereocenters. The Morgan fingerprint density at radius 2 is 2.10 bits per heavy atom. The smallest absolute Gasteiger partial charge is 0.331 e. The number of carbonyl (C=O) groups is 1. The number of alkyl halides is 3. The summed E-state index contributed by atoms with van der Waals surface area (Å²) in [5.74, 6) is 0.111. The van der Waals surface area contributed by atoms with Crippen LogP contribution in [0.3, 0.4) is 0 Å². The Bertz CT molecular complexity index is 558. The summed E-state index contributed by atoms with van der Waals surface area (Å²) >= 11 is 0. The molecule has 2 aliphatic rings. The van der Waals surface area contributed by atoms with Gasteiger partial charge in [0, 0.05) is 30.7 Å². The van der Waals surface area contributed by atoms with Gasteiger partial charge in [0.1, 0.15) is 0 Å². The maximum Gasteiger partial charge on any atom is 0.416 e. The zero-order chi connectivity index (χ0) is 15.2. The molecule has 1 amide bonds. The molecule has 2 fully saturated rings. The van der Waals surface area contributed by atoms with E-state index in [0.717, 1.165) is 31.6 Å². The van der Waals surface area contributed by atoms with Crippen molar-refractivity contribution in [3.8, 4) is 0 Å². The van der Waals surface area contributed by atoms with E-state index in [1.807, 2.05) is 6.92 Å². The monoisotopic (exact) mass is 298 g/mol. The van der Waals surface area contributed by atoms with Crippen molar-refractivity contribution in [3.05, 3.63) is 35.4 Å². The molecule has 0 saturated carbocycles. The van der Waals surface area contributed by atoms with Crippen LogP contribution in [0.25, 0.3) is 0 Å². The van der Waals surface area contributed by atoms with Gasteiger partial charge in [-0.15, -0.1) is 0 Å². The Labute approximate surface area is 121 Å². The predicted octanol–water partition coefficient (Wildman–Crippen LogP) is 2.53. The van der Waals surface area contributed by atoms with E-state index in [2.05, 4.69) is 5.32 Å². The van der Waals surface area contributed by atoms with Gasteiger partial charge in [-0.3, -0.25) is 4.79 Å². The summed E-state index contributed by atoms with van der Waals surface area (Å²) in [6, 6.07) is 4.86. The number of nitrogens with one attached hydrogen (secondary N) is 1. The van der Waals surface area contributed by atoms with Gasteiger partial charge in [0.2, 0.25) is 0 Å². The van der Waals surface area contributed by atoms with E-state index in [4.69, 9.17) is 0 Å². The summed E-state index contributed by atoms with van der Waals surface area (Å²) < 4.78 is 38.3. The number of halogens is 3. The highest BCUT2D eigenvalue weighted by atomic mass is 19.4. The Hall–Kier alpha value is -1.56. The third kappa shape index (κ3) is 2.52. The quantitative estimate of drug-likeness (QED) is 0.864. The summed E-state index contributed by atoms with van der Waals surface area (Å²) in [5.41, 5.74) is -0.662. The number of amides is 1. The van der Waals surface area contributed by atoms with E-state index in [0.29, 0.717) is 5.92 Å². The van der Waals surface area contributed by atoms with Crippen molar-refractivity contribution in [2.24, 2.45) is 5.92 Å². The molecule has 3 unspecified atom stereocenters. The van der Waals surface area contributed by atoms with Crippen LogP contribution in [0.4, 0.5) is 13.2 Å². The molecule has 1 N–H and O–H groups in total. The molecule has 1 aromatic rings. The average Bonchev–Trinajstić information content (AvgIpc) is 2.97. The number of carbonyl (C=O) groups excluding carboxylic acids is 1. The van der Waals surface area contributed by atoms with Gasteiger partial charge in [-0.05, 0) is 37.5 Å². The molecule has 2 aliphatic heterocycles. The molecular formula is C15H17F3N2O. The van der Waals surface area contributed by atoms with Crippen LogP contribution in [0.1, 0.15) is 29.3 Å². The lowest BCUT2D eigenvalue weighted by molar-refractivity contribution is -0.137. The van der Waals surface area contributed by atoms with Crippen molar-refractivity contribution in [1.82, 2.24) is 10.2 Å². The van der Waals surface area contributed by atoms with Gasteiger partial charge >= 0.3 is 6.18 Å². The summed E-state index contributed by atoms with van der Waals surface area (Å²) in [6.07, 6.45) is -3.52. The van der Waals surface area contributed by atoms with E-state index >= 15 is 0 Å². The third-order valence-corrected chi connectivity index (χ3v) is 4.45. The molecular weight excluding hydrogens is 281 g/mol. The van der Waals surface area contributed by atoms with Gasteiger partial charge < -0.3 is 10.2 Å². The van der Waals surface area contributed by atoms with Crippen molar-refractivity contribution in [1.29, 1.82) is 0 Å². The molecule has 0 radical (unpaired) electrons. The third-order valence-electron chi connectivity index (χ3n) is 4.45. The standard InChI is InChI=1S/C15H17F3N2O/c1-9-5-11-7-19-8-13(11)20(9)14(21)10-3-2-4-12(6-10)15(16,17)18/h2-4,6,9,11,13,19H,5,7-8H2,1H3. The molecule has 0 aliphatic carbocycles. The first-order valence-corrected chi connectivity index (χ1v) is 7.08. The number of benzene rings is 1. The number of fused-ring (bicyclic) bond motifs is 1. The van der Waals surface area contributed by atoms with Crippen LogP contribution in [-0.2, 0) is 6.18 Å². The molecule has 2 heterocycles. The summed E-state index contributed by atoms with van der Waals surface area (Å²) in [7, 11) is 0. The summed E-state index contributed by atoms with van der Waals surface area (Å²) in [4.78, 5) is 14.4. The van der Waals surface area contributed by atoms with E-state index in [1.54, 1.807) is 4.90 Å². The Morgan fingerprint density at radius 3 is 2.81 bits per heavy atom. The Kier molecular flexibility index (Phi) is 3.43. The van der Waals surface area contributed by atoms with E-state index in [9.17, 15) is 18.0 Å². The summed E-state index contributed by atoms with van der Waals surface area (Å²) in [5, 5.41) is 3.24. The highest BCUT2D eigenvalue weighted by molar-refractivity contribution is 5.95. The number of likely N-dealkylation sites (tertiary alicyclic amines) is 1. The van der Waals surface area contributed by atoms with E-state index in [1.165, 1.54) is 12.1 Å². The van der Waals surface area contributed by atoms with Crippen molar-refractivity contribution >= 4 is 5.91 Å². The van der Waals surface area contributed by atoms with Gasteiger partial charge in [-0.25, -0.2) is 0 Å². The largest absolute Gasteiger partial charge is 0.416 e. The fourth-order valence-electron chi connectivity index (χ4n) is 3.49. The van der Waals surface area contributed by atoms with Crippen LogP contribution in [0, 0.1) is 5.92 Å². The van der Waals surface area contributed by atoms with Crippen LogP contribution in [0.2, 0.25) is 0 Å². The van der Waals surface area contributed by atoms with Crippen molar-refractivity contribution < 1.29 is 18.0 Å². The topological polar surface area (TPSA) is 32.3 Å². The van der Waals surface area contributed by atoms with Crippen molar-refractivity contribution in [2.45, 2.75) is 31.6 Å². The lowest BCUT2D eigenvalue weighted by atomic mass is 10.0. The minimum absolute atomic E-state index is 0.0733. The van der Waals surface area contributed by atoms with Gasteiger partial charge in [0.05, 0.1) is 5.56 Å². The molecule has 3 rings (SSSR count). The predicted molar refractivity (Wildman–Crippen MR) is 71.8 cm³/mol. The number of hydrogen-bond acceptors (Lipinski definition) is 2. The fraction of sp³-hybridized carbons (Fsp3) is 0.533. The highest BCUT2D eigenvalue weighted by Gasteiger charge is 2.44. The number of nitrogens with zero attached hydrogens (tertiary/aromatic N) is 1.